The average Bonchev–Trinajstić information content (AvgIpc) is 3.06. The summed E-state index contributed by atoms with van der Waals surface area (Å²) in [5, 5.41) is 0. The Bertz CT molecular complexity index is 755. The zero-order valence-electron chi connectivity index (χ0n) is 16.4. The number of likely N-dealkylation sites (tertiary alicyclic amines) is 2. The van der Waals surface area contributed by atoms with Crippen molar-refractivity contribution in [3.05, 3.63) is 41.5 Å². The van der Waals surface area contributed by atoms with E-state index in [-0.39, 0.29) is 23.3 Å². The molecule has 27 heavy (non-hydrogen) atoms. The Hall–Kier alpha value is -2.30. The second kappa shape index (κ2) is 7.02. The first kappa shape index (κ1) is 18.1. The molecule has 0 atom stereocenters. The Morgan fingerprint density at radius 2 is 1.67 bits per heavy atom. The van der Waals surface area contributed by atoms with E-state index in [9.17, 15) is 9.59 Å². The molecule has 5 heteroatoms. The molecule has 1 spiro atoms. The van der Waals surface area contributed by atoms with Crippen LogP contribution in [-0.4, -0.2) is 66.9 Å². The minimum absolute atomic E-state index is 0.0486. The summed E-state index contributed by atoms with van der Waals surface area (Å²) in [6, 6.07) is 8.68. The van der Waals surface area contributed by atoms with E-state index in [4.69, 9.17) is 0 Å². The summed E-state index contributed by atoms with van der Waals surface area (Å²) in [5.74, 6) is 0.355. The van der Waals surface area contributed by atoms with Crippen molar-refractivity contribution in [3.8, 4) is 0 Å². The molecule has 2 saturated heterocycles. The number of fused-ring (bicyclic) bond motifs is 2. The molecule has 3 aliphatic rings. The van der Waals surface area contributed by atoms with Crippen molar-refractivity contribution in [1.82, 2.24) is 14.7 Å². The number of hydrogen-bond donors (Lipinski definition) is 0. The van der Waals surface area contributed by atoms with E-state index in [2.05, 4.69) is 41.3 Å². The first-order valence-electron chi connectivity index (χ1n) is 10.0. The van der Waals surface area contributed by atoms with Crippen molar-refractivity contribution >= 4 is 18.0 Å². The van der Waals surface area contributed by atoms with Crippen molar-refractivity contribution in [2.24, 2.45) is 5.92 Å². The molecule has 4 rings (SSSR count). The highest BCUT2D eigenvalue weighted by Gasteiger charge is 2.40. The number of urea groups is 1. The normalized spacial score (nSPS) is 21.4. The summed E-state index contributed by atoms with van der Waals surface area (Å²) in [6.07, 6.45) is 8.16. The molecule has 0 unspecified atom stereocenters. The molecule has 5 nitrogen and oxygen atoms in total. The van der Waals surface area contributed by atoms with E-state index in [1.165, 1.54) is 11.1 Å². The number of carbonyl (C=O) groups excluding carboxylic acids is 2. The zero-order valence-corrected chi connectivity index (χ0v) is 16.4. The number of carbonyl (C=O) groups is 2. The van der Waals surface area contributed by atoms with E-state index in [0.29, 0.717) is 13.1 Å². The number of nitrogens with zero attached hydrogens (tertiary/aromatic N) is 3. The van der Waals surface area contributed by atoms with Crippen LogP contribution in [-0.2, 0) is 10.2 Å². The quantitative estimate of drug-likeness (QED) is 0.766. The first-order chi connectivity index (χ1) is 13.0. The van der Waals surface area contributed by atoms with Gasteiger partial charge in [-0.3, -0.25) is 4.79 Å². The zero-order chi connectivity index (χ0) is 19.0. The fourth-order valence-corrected chi connectivity index (χ4v) is 4.86. The van der Waals surface area contributed by atoms with Crippen LogP contribution in [0.15, 0.2) is 30.3 Å². The lowest BCUT2D eigenvalue weighted by Crippen LogP contribution is -2.50. The SMILES string of the molecule is CN(C)C(=O)N1CCC(C(=O)N2CCC3(C=Cc4ccccc43)CC2)CC1. The van der Waals surface area contributed by atoms with Gasteiger partial charge in [-0.25, -0.2) is 4.79 Å². The molecule has 2 fully saturated rings. The van der Waals surface area contributed by atoms with E-state index in [1.54, 1.807) is 19.0 Å². The average molecular weight is 367 g/mol. The summed E-state index contributed by atoms with van der Waals surface area (Å²) in [6.45, 7) is 3.02. The molecule has 144 valence electrons. The third-order valence-electron chi connectivity index (χ3n) is 6.54. The molecule has 1 aromatic carbocycles. The van der Waals surface area contributed by atoms with Gasteiger partial charge in [0.05, 0.1) is 0 Å². The largest absolute Gasteiger partial charge is 0.342 e. The van der Waals surface area contributed by atoms with Crippen molar-refractivity contribution in [1.29, 1.82) is 0 Å². The number of amides is 3. The lowest BCUT2D eigenvalue weighted by atomic mass is 9.74. The van der Waals surface area contributed by atoms with Crippen LogP contribution in [0.25, 0.3) is 6.08 Å². The van der Waals surface area contributed by atoms with Gasteiger partial charge < -0.3 is 14.7 Å². The number of rotatable bonds is 1. The molecule has 0 bridgehead atoms. The molecule has 0 N–H and O–H groups in total. The van der Waals surface area contributed by atoms with Crippen LogP contribution in [0.4, 0.5) is 4.79 Å². The highest BCUT2D eigenvalue weighted by molar-refractivity contribution is 5.80. The molecule has 0 radical (unpaired) electrons. The van der Waals surface area contributed by atoms with E-state index >= 15 is 0 Å². The van der Waals surface area contributed by atoms with Gasteiger partial charge in [-0.05, 0) is 36.8 Å². The van der Waals surface area contributed by atoms with E-state index < -0.39 is 0 Å². The molecule has 2 aliphatic heterocycles. The smallest absolute Gasteiger partial charge is 0.319 e. The fourth-order valence-electron chi connectivity index (χ4n) is 4.86. The van der Waals surface area contributed by atoms with Gasteiger partial charge in [-0.2, -0.15) is 0 Å². The fraction of sp³-hybridized carbons (Fsp3) is 0.545. The van der Waals surface area contributed by atoms with Crippen LogP contribution in [0.2, 0.25) is 0 Å². The van der Waals surface area contributed by atoms with Gasteiger partial charge in [0.1, 0.15) is 0 Å². The monoisotopic (exact) mass is 367 g/mol. The minimum atomic E-state index is 0.0486. The first-order valence-corrected chi connectivity index (χ1v) is 10.0. The predicted molar refractivity (Wildman–Crippen MR) is 106 cm³/mol. The molecular weight excluding hydrogens is 338 g/mol. The van der Waals surface area contributed by atoms with Crippen LogP contribution in [0, 0.1) is 5.92 Å². The molecule has 0 aromatic heterocycles. The Balaban J connectivity index is 1.34. The maximum atomic E-state index is 13.0. The van der Waals surface area contributed by atoms with E-state index in [1.807, 2.05) is 4.90 Å². The van der Waals surface area contributed by atoms with Gasteiger partial charge in [-0.1, -0.05) is 36.4 Å². The molecule has 1 aliphatic carbocycles. The summed E-state index contributed by atoms with van der Waals surface area (Å²) >= 11 is 0. The highest BCUT2D eigenvalue weighted by Crippen LogP contribution is 2.43. The molecule has 0 saturated carbocycles. The van der Waals surface area contributed by atoms with Crippen LogP contribution in [0.3, 0.4) is 0 Å². The summed E-state index contributed by atoms with van der Waals surface area (Å²) in [7, 11) is 3.55. The second-order valence-corrected chi connectivity index (χ2v) is 8.34. The van der Waals surface area contributed by atoms with Crippen molar-refractivity contribution in [3.63, 3.8) is 0 Å². The lowest BCUT2D eigenvalue weighted by Gasteiger charge is -2.41. The van der Waals surface area contributed by atoms with Crippen LogP contribution in [0.1, 0.15) is 36.8 Å². The third-order valence-corrected chi connectivity index (χ3v) is 6.54. The number of piperidine rings is 2. The molecule has 3 amide bonds. The van der Waals surface area contributed by atoms with Crippen molar-refractivity contribution in [2.75, 3.05) is 40.3 Å². The lowest BCUT2D eigenvalue weighted by molar-refractivity contribution is -0.138. The Morgan fingerprint density at radius 1 is 1.00 bits per heavy atom. The summed E-state index contributed by atoms with van der Waals surface area (Å²) < 4.78 is 0. The Kier molecular flexibility index (Phi) is 4.70. The molecule has 1 aromatic rings. The number of benzene rings is 1. The highest BCUT2D eigenvalue weighted by atomic mass is 16.2. The number of hydrogen-bond acceptors (Lipinski definition) is 2. The van der Waals surface area contributed by atoms with E-state index in [0.717, 1.165) is 38.8 Å². The summed E-state index contributed by atoms with van der Waals surface area (Å²) in [5.41, 5.74) is 2.87. The van der Waals surface area contributed by atoms with Gasteiger partial charge >= 0.3 is 6.03 Å². The van der Waals surface area contributed by atoms with Crippen molar-refractivity contribution < 1.29 is 9.59 Å². The Morgan fingerprint density at radius 3 is 2.33 bits per heavy atom. The predicted octanol–water partition coefficient (Wildman–Crippen LogP) is 2.97. The van der Waals surface area contributed by atoms with Crippen LogP contribution >= 0.6 is 0 Å². The Labute approximate surface area is 161 Å². The van der Waals surface area contributed by atoms with Crippen molar-refractivity contribution in [2.45, 2.75) is 31.1 Å². The van der Waals surface area contributed by atoms with Gasteiger partial charge in [0.25, 0.3) is 0 Å². The number of allylic oxidation sites excluding steroid dienone is 1. The second-order valence-electron chi connectivity index (χ2n) is 8.34. The van der Waals surface area contributed by atoms with Gasteiger partial charge in [0.2, 0.25) is 5.91 Å². The minimum Gasteiger partial charge on any atom is -0.342 e. The van der Waals surface area contributed by atoms with Crippen LogP contribution < -0.4 is 0 Å². The van der Waals surface area contributed by atoms with Gasteiger partial charge in [0, 0.05) is 51.6 Å². The van der Waals surface area contributed by atoms with Gasteiger partial charge in [0.15, 0.2) is 0 Å². The van der Waals surface area contributed by atoms with Gasteiger partial charge in [-0.15, -0.1) is 0 Å². The third kappa shape index (κ3) is 3.24. The maximum absolute atomic E-state index is 13.0. The maximum Gasteiger partial charge on any atom is 0.319 e. The topological polar surface area (TPSA) is 43.9 Å². The molecule has 2 heterocycles. The van der Waals surface area contributed by atoms with Crippen LogP contribution in [0.5, 0.6) is 0 Å². The standard InChI is InChI=1S/C22H29N3O2/c1-23(2)21(27)25-13-8-18(9-14-25)20(26)24-15-11-22(12-16-24)10-7-17-5-3-4-6-19(17)22/h3-7,10,18H,8-9,11-16H2,1-2H3. The molecular formula is C22H29N3O2. The summed E-state index contributed by atoms with van der Waals surface area (Å²) in [4.78, 5) is 30.6.